The number of ether oxygens (including phenoxy) is 2. The molecule has 132 valence electrons. The second kappa shape index (κ2) is 7.79. The number of H-pyrrole nitrogens is 1. The largest absolute Gasteiger partial charge is 0.462 e. The first-order valence-corrected chi connectivity index (χ1v) is 7.99. The lowest BCUT2D eigenvalue weighted by Crippen LogP contribution is -2.18. The number of rotatable bonds is 6. The Morgan fingerprint density at radius 3 is 2.20 bits per heavy atom. The molecule has 6 nitrogen and oxygen atoms in total. The van der Waals surface area contributed by atoms with Crippen molar-refractivity contribution in [3.8, 4) is 0 Å². The standard InChI is InChI=1S/C19H21NO5/c1-5-24-19(23)17-13(4)20-12(3)16(17)15(21)10-25-18(22)14-9-7-6-8-11(14)2/h6-9,20H,5,10H2,1-4H3. The average molecular weight is 343 g/mol. The van der Waals surface area contributed by atoms with Crippen LogP contribution in [0, 0.1) is 20.8 Å². The highest BCUT2D eigenvalue weighted by Crippen LogP contribution is 2.20. The van der Waals surface area contributed by atoms with Gasteiger partial charge in [-0.3, -0.25) is 4.79 Å². The highest BCUT2D eigenvalue weighted by Gasteiger charge is 2.26. The molecule has 0 saturated heterocycles. The molecule has 0 radical (unpaired) electrons. The predicted molar refractivity (Wildman–Crippen MR) is 92.0 cm³/mol. The topological polar surface area (TPSA) is 85.5 Å². The van der Waals surface area contributed by atoms with Crippen molar-refractivity contribution < 1.29 is 23.9 Å². The number of aryl methyl sites for hydroxylation is 3. The first-order chi connectivity index (χ1) is 11.9. The van der Waals surface area contributed by atoms with E-state index in [0.29, 0.717) is 17.0 Å². The minimum absolute atomic E-state index is 0.191. The lowest BCUT2D eigenvalue weighted by molar-refractivity contribution is 0.0471. The number of hydrogen-bond acceptors (Lipinski definition) is 5. The van der Waals surface area contributed by atoms with Crippen LogP contribution in [0.1, 0.15) is 54.9 Å². The molecule has 0 bridgehead atoms. The van der Waals surface area contributed by atoms with Gasteiger partial charge in [0.25, 0.3) is 0 Å². The van der Waals surface area contributed by atoms with Gasteiger partial charge in [-0.05, 0) is 39.3 Å². The zero-order valence-corrected chi connectivity index (χ0v) is 14.8. The summed E-state index contributed by atoms with van der Waals surface area (Å²) in [4.78, 5) is 39.7. The zero-order chi connectivity index (χ0) is 18.6. The van der Waals surface area contributed by atoms with Crippen LogP contribution in [0.2, 0.25) is 0 Å². The summed E-state index contributed by atoms with van der Waals surface area (Å²) in [5.41, 5.74) is 2.65. The van der Waals surface area contributed by atoms with Crippen molar-refractivity contribution in [3.63, 3.8) is 0 Å². The maximum atomic E-state index is 12.5. The molecule has 25 heavy (non-hydrogen) atoms. The normalized spacial score (nSPS) is 10.4. The summed E-state index contributed by atoms with van der Waals surface area (Å²) in [6.45, 7) is 6.62. The third-order valence-electron chi connectivity index (χ3n) is 3.83. The SMILES string of the molecule is CCOC(=O)c1c(C)[nH]c(C)c1C(=O)COC(=O)c1ccccc1C. The number of nitrogens with one attached hydrogen (secondary N) is 1. The van der Waals surface area contributed by atoms with Crippen LogP contribution < -0.4 is 0 Å². The van der Waals surface area contributed by atoms with E-state index >= 15 is 0 Å². The van der Waals surface area contributed by atoms with Crippen LogP contribution >= 0.6 is 0 Å². The fourth-order valence-electron chi connectivity index (χ4n) is 2.67. The smallest absolute Gasteiger partial charge is 0.340 e. The van der Waals surface area contributed by atoms with E-state index in [1.165, 1.54) is 0 Å². The summed E-state index contributed by atoms with van der Waals surface area (Å²) in [5, 5.41) is 0. The molecular weight excluding hydrogens is 322 g/mol. The number of ketones is 1. The molecule has 0 saturated carbocycles. The van der Waals surface area contributed by atoms with E-state index in [0.717, 1.165) is 5.56 Å². The quantitative estimate of drug-likeness (QED) is 0.643. The third kappa shape index (κ3) is 3.96. The number of hydrogen-bond donors (Lipinski definition) is 1. The summed E-state index contributed by atoms with van der Waals surface area (Å²) in [7, 11) is 0. The predicted octanol–water partition coefficient (Wildman–Crippen LogP) is 3.16. The number of esters is 2. The fourth-order valence-corrected chi connectivity index (χ4v) is 2.67. The van der Waals surface area contributed by atoms with Crippen LogP contribution in [0.3, 0.4) is 0 Å². The second-order valence-corrected chi connectivity index (χ2v) is 5.66. The van der Waals surface area contributed by atoms with Crippen molar-refractivity contribution in [1.29, 1.82) is 0 Å². The summed E-state index contributed by atoms with van der Waals surface area (Å²) >= 11 is 0. The van der Waals surface area contributed by atoms with Gasteiger partial charge in [-0.2, -0.15) is 0 Å². The molecule has 2 rings (SSSR count). The Balaban J connectivity index is 2.18. The number of carbonyl (C=O) groups is 3. The van der Waals surface area contributed by atoms with Gasteiger partial charge in [-0.25, -0.2) is 9.59 Å². The van der Waals surface area contributed by atoms with Crippen LogP contribution in [0.25, 0.3) is 0 Å². The molecule has 1 aromatic carbocycles. The molecule has 0 fully saturated rings. The van der Waals surface area contributed by atoms with E-state index in [-0.39, 0.29) is 17.7 Å². The van der Waals surface area contributed by atoms with E-state index < -0.39 is 24.3 Å². The Hall–Kier alpha value is -2.89. The molecule has 6 heteroatoms. The Bertz CT molecular complexity index is 819. The Morgan fingerprint density at radius 1 is 0.920 bits per heavy atom. The summed E-state index contributed by atoms with van der Waals surface area (Å²) in [6, 6.07) is 6.97. The molecule has 0 aliphatic rings. The van der Waals surface area contributed by atoms with Gasteiger partial charge in [0.1, 0.15) is 0 Å². The number of carbonyl (C=O) groups excluding carboxylic acids is 3. The minimum atomic E-state index is -0.575. The third-order valence-corrected chi connectivity index (χ3v) is 3.83. The number of benzene rings is 1. The molecule has 0 aliphatic heterocycles. The van der Waals surface area contributed by atoms with Crippen molar-refractivity contribution >= 4 is 17.7 Å². The van der Waals surface area contributed by atoms with Crippen LogP contribution in [0.4, 0.5) is 0 Å². The molecule has 0 aliphatic carbocycles. The van der Waals surface area contributed by atoms with Crippen molar-refractivity contribution in [2.75, 3.05) is 13.2 Å². The number of Topliss-reactive ketones (excluding diaryl/α,β-unsaturated/α-hetero) is 1. The highest BCUT2D eigenvalue weighted by atomic mass is 16.5. The maximum Gasteiger partial charge on any atom is 0.340 e. The fraction of sp³-hybridized carbons (Fsp3) is 0.316. The van der Waals surface area contributed by atoms with E-state index in [4.69, 9.17) is 9.47 Å². The van der Waals surface area contributed by atoms with Gasteiger partial charge in [0.2, 0.25) is 5.78 Å². The second-order valence-electron chi connectivity index (χ2n) is 5.66. The Kier molecular flexibility index (Phi) is 5.75. The van der Waals surface area contributed by atoms with Crippen molar-refractivity contribution in [2.24, 2.45) is 0 Å². The van der Waals surface area contributed by atoms with E-state index in [1.807, 2.05) is 6.07 Å². The van der Waals surface area contributed by atoms with Gasteiger partial charge in [0.15, 0.2) is 6.61 Å². The Morgan fingerprint density at radius 2 is 1.56 bits per heavy atom. The van der Waals surface area contributed by atoms with Gasteiger partial charge in [0.05, 0.1) is 23.3 Å². The molecule has 0 atom stereocenters. The summed E-state index contributed by atoms with van der Waals surface area (Å²) in [6.07, 6.45) is 0. The number of aromatic nitrogens is 1. The molecule has 0 amide bonds. The molecular formula is C19H21NO5. The van der Waals surface area contributed by atoms with E-state index in [2.05, 4.69) is 4.98 Å². The molecule has 1 N–H and O–H groups in total. The van der Waals surface area contributed by atoms with Crippen LogP contribution in [-0.4, -0.2) is 35.9 Å². The number of aromatic amines is 1. The van der Waals surface area contributed by atoms with Gasteiger partial charge in [-0.15, -0.1) is 0 Å². The minimum Gasteiger partial charge on any atom is -0.462 e. The lowest BCUT2D eigenvalue weighted by Gasteiger charge is -2.08. The van der Waals surface area contributed by atoms with Gasteiger partial charge in [0, 0.05) is 11.4 Å². The Labute approximate surface area is 146 Å². The van der Waals surface area contributed by atoms with Crippen LogP contribution in [-0.2, 0) is 9.47 Å². The van der Waals surface area contributed by atoms with E-state index in [1.54, 1.807) is 45.9 Å². The molecule has 1 aromatic heterocycles. The summed E-state index contributed by atoms with van der Waals surface area (Å²) < 4.78 is 10.1. The monoisotopic (exact) mass is 343 g/mol. The summed E-state index contributed by atoms with van der Waals surface area (Å²) in [5.74, 6) is -1.60. The molecule has 1 heterocycles. The molecule has 0 unspecified atom stereocenters. The van der Waals surface area contributed by atoms with Gasteiger partial charge < -0.3 is 14.5 Å². The zero-order valence-electron chi connectivity index (χ0n) is 14.8. The van der Waals surface area contributed by atoms with Gasteiger partial charge >= 0.3 is 11.9 Å². The van der Waals surface area contributed by atoms with Gasteiger partial charge in [-0.1, -0.05) is 18.2 Å². The van der Waals surface area contributed by atoms with Crippen LogP contribution in [0.15, 0.2) is 24.3 Å². The first-order valence-electron chi connectivity index (χ1n) is 7.99. The highest BCUT2D eigenvalue weighted by molar-refractivity contribution is 6.09. The van der Waals surface area contributed by atoms with Crippen molar-refractivity contribution in [1.82, 2.24) is 4.98 Å². The molecule has 0 spiro atoms. The van der Waals surface area contributed by atoms with Crippen molar-refractivity contribution in [2.45, 2.75) is 27.7 Å². The van der Waals surface area contributed by atoms with Crippen LogP contribution in [0.5, 0.6) is 0 Å². The average Bonchev–Trinajstić information content (AvgIpc) is 2.87. The first kappa shape index (κ1) is 18.4. The lowest BCUT2D eigenvalue weighted by atomic mass is 10.1. The van der Waals surface area contributed by atoms with E-state index in [9.17, 15) is 14.4 Å². The molecule has 2 aromatic rings. The van der Waals surface area contributed by atoms with Crippen molar-refractivity contribution in [3.05, 3.63) is 57.9 Å². The maximum absolute atomic E-state index is 12.5.